The second-order valence-corrected chi connectivity index (χ2v) is 5.14. The Morgan fingerprint density at radius 1 is 1.43 bits per heavy atom. The van der Waals surface area contributed by atoms with Gasteiger partial charge in [-0.2, -0.15) is 5.10 Å². The number of carbonyl (C=O) groups is 1. The minimum absolute atomic E-state index is 0.163. The smallest absolute Gasteiger partial charge is 0.338 e. The maximum absolute atomic E-state index is 12.1. The Labute approximate surface area is 124 Å². The summed E-state index contributed by atoms with van der Waals surface area (Å²) >= 11 is 0. The van der Waals surface area contributed by atoms with E-state index >= 15 is 0 Å². The van der Waals surface area contributed by atoms with E-state index in [0.29, 0.717) is 17.3 Å². The molecule has 0 spiro atoms. The van der Waals surface area contributed by atoms with Crippen molar-refractivity contribution in [2.45, 2.75) is 39.8 Å². The zero-order chi connectivity index (χ0) is 15.4. The molecule has 21 heavy (non-hydrogen) atoms. The van der Waals surface area contributed by atoms with Gasteiger partial charge in [-0.1, -0.05) is 13.0 Å². The monoisotopic (exact) mass is 287 g/mol. The van der Waals surface area contributed by atoms with Gasteiger partial charge < -0.3 is 10.5 Å². The highest BCUT2D eigenvalue weighted by atomic mass is 16.5. The number of benzene rings is 1. The van der Waals surface area contributed by atoms with Crippen LogP contribution >= 0.6 is 0 Å². The van der Waals surface area contributed by atoms with Crippen molar-refractivity contribution >= 4 is 11.7 Å². The maximum atomic E-state index is 12.1. The molecule has 1 atom stereocenters. The molecule has 0 saturated heterocycles. The molecule has 1 heterocycles. The van der Waals surface area contributed by atoms with E-state index < -0.39 is 0 Å². The number of esters is 1. The Bertz CT molecular complexity index is 634. The average Bonchev–Trinajstić information content (AvgIpc) is 2.95. The average molecular weight is 287 g/mol. The molecule has 0 saturated carbocycles. The summed E-state index contributed by atoms with van der Waals surface area (Å²) < 4.78 is 7.19. The Hall–Kier alpha value is -2.30. The summed E-state index contributed by atoms with van der Waals surface area (Å²) in [6.45, 7) is 6.17. The first-order valence-electron chi connectivity index (χ1n) is 7.09. The lowest BCUT2D eigenvalue weighted by molar-refractivity contribution is 0.0466. The molecule has 2 rings (SSSR count). The first-order chi connectivity index (χ1) is 10.0. The van der Waals surface area contributed by atoms with Crippen molar-refractivity contribution in [3.63, 3.8) is 0 Å². The van der Waals surface area contributed by atoms with Gasteiger partial charge in [0.25, 0.3) is 0 Å². The van der Waals surface area contributed by atoms with Crippen LogP contribution in [-0.4, -0.2) is 15.7 Å². The fourth-order valence-corrected chi connectivity index (χ4v) is 1.98. The fourth-order valence-electron chi connectivity index (χ4n) is 1.98. The van der Waals surface area contributed by atoms with Crippen LogP contribution < -0.4 is 5.73 Å². The van der Waals surface area contributed by atoms with Crippen molar-refractivity contribution in [3.05, 3.63) is 47.3 Å². The van der Waals surface area contributed by atoms with Gasteiger partial charge in [-0.15, -0.1) is 0 Å². The summed E-state index contributed by atoms with van der Waals surface area (Å²) in [5.41, 5.74) is 8.36. The predicted octanol–water partition coefficient (Wildman–Crippen LogP) is 3.10. The quantitative estimate of drug-likeness (QED) is 0.677. The Morgan fingerprint density at radius 3 is 2.90 bits per heavy atom. The summed E-state index contributed by atoms with van der Waals surface area (Å²) in [5, 5.41) is 4.40. The standard InChI is InChI=1S/C16H21N3O2/c1-4-11(2)19-9-8-13(18-19)10-21-16(20)14-6-5-7-15(17)12(14)3/h5-9,11H,4,10,17H2,1-3H3. The van der Waals surface area contributed by atoms with E-state index in [1.807, 2.05) is 23.9 Å². The topological polar surface area (TPSA) is 70.1 Å². The van der Waals surface area contributed by atoms with Crippen LogP contribution in [0.15, 0.2) is 30.5 Å². The van der Waals surface area contributed by atoms with Gasteiger partial charge in [0.15, 0.2) is 0 Å². The normalized spacial score (nSPS) is 12.1. The van der Waals surface area contributed by atoms with Crippen LogP contribution in [-0.2, 0) is 11.3 Å². The first kappa shape index (κ1) is 15.1. The van der Waals surface area contributed by atoms with Gasteiger partial charge in [0.2, 0.25) is 0 Å². The van der Waals surface area contributed by atoms with Crippen molar-refractivity contribution in [1.82, 2.24) is 9.78 Å². The van der Waals surface area contributed by atoms with Crippen LogP contribution in [0.4, 0.5) is 5.69 Å². The lowest BCUT2D eigenvalue weighted by Gasteiger charge is -2.09. The number of aromatic nitrogens is 2. The van der Waals surface area contributed by atoms with Crippen molar-refractivity contribution < 1.29 is 9.53 Å². The number of nitrogens with zero attached hydrogens (tertiary/aromatic N) is 2. The minimum atomic E-state index is -0.377. The number of rotatable bonds is 5. The van der Waals surface area contributed by atoms with Gasteiger partial charge in [0, 0.05) is 17.9 Å². The van der Waals surface area contributed by atoms with Gasteiger partial charge in [0.1, 0.15) is 6.61 Å². The fraction of sp³-hybridized carbons (Fsp3) is 0.375. The highest BCUT2D eigenvalue weighted by molar-refractivity contribution is 5.92. The molecule has 1 aromatic carbocycles. The molecule has 0 fully saturated rings. The van der Waals surface area contributed by atoms with E-state index in [2.05, 4.69) is 18.9 Å². The second-order valence-electron chi connectivity index (χ2n) is 5.14. The molecule has 1 unspecified atom stereocenters. The molecule has 0 aliphatic carbocycles. The number of nitrogen functional groups attached to an aromatic ring is 1. The molecule has 112 valence electrons. The molecule has 2 N–H and O–H groups in total. The SMILES string of the molecule is CCC(C)n1ccc(COC(=O)c2cccc(N)c2C)n1. The molecule has 5 nitrogen and oxygen atoms in total. The molecular weight excluding hydrogens is 266 g/mol. The van der Waals surface area contributed by atoms with E-state index in [1.54, 1.807) is 18.2 Å². The zero-order valence-electron chi connectivity index (χ0n) is 12.7. The number of ether oxygens (including phenoxy) is 1. The number of nitrogens with two attached hydrogens (primary N) is 1. The van der Waals surface area contributed by atoms with Crippen LogP contribution in [0.1, 0.15) is 47.9 Å². The highest BCUT2D eigenvalue weighted by Crippen LogP contribution is 2.17. The van der Waals surface area contributed by atoms with Crippen LogP contribution in [0.3, 0.4) is 0 Å². The molecule has 0 aliphatic rings. The van der Waals surface area contributed by atoms with Crippen molar-refractivity contribution in [2.75, 3.05) is 5.73 Å². The summed E-state index contributed by atoms with van der Waals surface area (Å²) in [6.07, 6.45) is 2.91. The van der Waals surface area contributed by atoms with Gasteiger partial charge >= 0.3 is 5.97 Å². The molecular formula is C16H21N3O2. The van der Waals surface area contributed by atoms with Crippen LogP contribution in [0.25, 0.3) is 0 Å². The van der Waals surface area contributed by atoms with E-state index in [0.717, 1.165) is 17.7 Å². The van der Waals surface area contributed by atoms with Gasteiger partial charge in [-0.3, -0.25) is 4.68 Å². The third kappa shape index (κ3) is 3.42. The Balaban J connectivity index is 2.01. The van der Waals surface area contributed by atoms with Crippen LogP contribution in [0, 0.1) is 6.92 Å². The van der Waals surface area contributed by atoms with E-state index in [1.165, 1.54) is 0 Å². The Morgan fingerprint density at radius 2 is 2.19 bits per heavy atom. The van der Waals surface area contributed by atoms with Gasteiger partial charge in [0.05, 0.1) is 11.3 Å². The lowest BCUT2D eigenvalue weighted by Crippen LogP contribution is -2.09. The maximum Gasteiger partial charge on any atom is 0.338 e. The molecule has 2 aromatic rings. The van der Waals surface area contributed by atoms with Crippen LogP contribution in [0.2, 0.25) is 0 Å². The zero-order valence-corrected chi connectivity index (χ0v) is 12.7. The molecule has 0 aliphatic heterocycles. The molecule has 0 radical (unpaired) electrons. The van der Waals surface area contributed by atoms with Crippen molar-refractivity contribution in [1.29, 1.82) is 0 Å². The number of hydrogen-bond acceptors (Lipinski definition) is 4. The molecule has 0 amide bonds. The number of anilines is 1. The van der Waals surface area contributed by atoms with Crippen molar-refractivity contribution in [3.8, 4) is 0 Å². The van der Waals surface area contributed by atoms with E-state index in [4.69, 9.17) is 10.5 Å². The number of carbonyl (C=O) groups excluding carboxylic acids is 1. The Kier molecular flexibility index (Phi) is 4.62. The summed E-state index contributed by atoms with van der Waals surface area (Å²) in [7, 11) is 0. The molecule has 1 aromatic heterocycles. The van der Waals surface area contributed by atoms with Crippen molar-refractivity contribution in [2.24, 2.45) is 0 Å². The third-order valence-electron chi connectivity index (χ3n) is 3.65. The van der Waals surface area contributed by atoms with Crippen LogP contribution in [0.5, 0.6) is 0 Å². The summed E-state index contributed by atoms with van der Waals surface area (Å²) in [6, 6.07) is 7.43. The lowest BCUT2D eigenvalue weighted by atomic mass is 10.1. The van der Waals surface area contributed by atoms with Gasteiger partial charge in [-0.05, 0) is 44.0 Å². The first-order valence-corrected chi connectivity index (χ1v) is 7.09. The summed E-state index contributed by atoms with van der Waals surface area (Å²) in [5.74, 6) is -0.377. The third-order valence-corrected chi connectivity index (χ3v) is 3.65. The largest absolute Gasteiger partial charge is 0.455 e. The summed E-state index contributed by atoms with van der Waals surface area (Å²) in [4.78, 5) is 12.1. The molecule has 5 heteroatoms. The number of hydrogen-bond donors (Lipinski definition) is 1. The second kappa shape index (κ2) is 6.43. The van der Waals surface area contributed by atoms with Gasteiger partial charge in [-0.25, -0.2) is 4.79 Å². The van der Waals surface area contributed by atoms with E-state index in [-0.39, 0.29) is 12.6 Å². The highest BCUT2D eigenvalue weighted by Gasteiger charge is 2.13. The predicted molar refractivity (Wildman–Crippen MR) is 81.9 cm³/mol. The van der Waals surface area contributed by atoms with E-state index in [9.17, 15) is 4.79 Å². The minimum Gasteiger partial charge on any atom is -0.455 e. The molecule has 0 bridgehead atoms.